The Bertz CT molecular complexity index is 1100. The summed E-state index contributed by atoms with van der Waals surface area (Å²) in [5, 5.41) is 2.75. The molecule has 9 heteroatoms. The quantitative estimate of drug-likeness (QED) is 0.603. The lowest BCUT2D eigenvalue weighted by molar-refractivity contribution is -0.116. The first-order valence-electron chi connectivity index (χ1n) is 7.32. The van der Waals surface area contributed by atoms with Crippen LogP contribution in [0.25, 0.3) is 22.5 Å². The molecule has 8 nitrogen and oxygen atoms in total. The zero-order valence-corrected chi connectivity index (χ0v) is 13.6. The number of carbonyl (C=O) groups excluding carboxylic acids is 1. The fourth-order valence-corrected chi connectivity index (χ4v) is 2.90. The van der Waals surface area contributed by atoms with Crippen LogP contribution < -0.4 is 10.9 Å². The van der Waals surface area contributed by atoms with Crippen molar-refractivity contribution in [2.24, 2.45) is 0 Å². The van der Waals surface area contributed by atoms with Gasteiger partial charge >= 0.3 is 0 Å². The number of aromatic nitrogens is 4. The molecule has 1 amide bonds. The Morgan fingerprint density at radius 1 is 1.24 bits per heavy atom. The second-order valence-electron chi connectivity index (χ2n) is 5.20. The summed E-state index contributed by atoms with van der Waals surface area (Å²) >= 11 is 1.08. The summed E-state index contributed by atoms with van der Waals surface area (Å²) in [5.41, 5.74) is 1.98. The summed E-state index contributed by atoms with van der Waals surface area (Å²) in [4.78, 5) is 28.6. The lowest BCUT2D eigenvalue weighted by Crippen LogP contribution is -2.27. The van der Waals surface area contributed by atoms with Crippen molar-refractivity contribution < 1.29 is 9.21 Å². The van der Waals surface area contributed by atoms with Crippen LogP contribution >= 0.6 is 11.7 Å². The average molecular weight is 353 g/mol. The molecule has 0 atom stereocenters. The van der Waals surface area contributed by atoms with Crippen LogP contribution in [0.15, 0.2) is 58.2 Å². The minimum atomic E-state index is -0.352. The summed E-state index contributed by atoms with van der Waals surface area (Å²) in [5.74, 6) is 0.145. The van der Waals surface area contributed by atoms with Crippen molar-refractivity contribution in [2.75, 3.05) is 5.32 Å². The first-order valence-corrected chi connectivity index (χ1v) is 8.05. The maximum atomic E-state index is 12.3. The number of hydrogen-bond donors (Lipinski definition) is 1. The first kappa shape index (κ1) is 15.2. The van der Waals surface area contributed by atoms with Crippen molar-refractivity contribution in [3.8, 4) is 11.5 Å². The van der Waals surface area contributed by atoms with E-state index in [0.717, 1.165) is 11.7 Å². The van der Waals surface area contributed by atoms with Gasteiger partial charge in [0.05, 0.1) is 30.0 Å². The Hall–Kier alpha value is -3.33. The Balaban J connectivity index is 1.53. The van der Waals surface area contributed by atoms with Gasteiger partial charge in [0.1, 0.15) is 23.3 Å². The third kappa shape index (κ3) is 3.04. The number of benzene rings is 1. The Kier molecular flexibility index (Phi) is 3.82. The van der Waals surface area contributed by atoms with Crippen LogP contribution in [0.5, 0.6) is 0 Å². The number of furan rings is 1. The SMILES string of the molecule is O=C(Cn1cnc(-c2ccco2)cc1=O)Nc1cccc2nsnc12. The fraction of sp³-hybridized carbons (Fsp3) is 0.0625. The number of carbonyl (C=O) groups is 1. The van der Waals surface area contributed by atoms with Crippen molar-refractivity contribution in [1.29, 1.82) is 0 Å². The first-order chi connectivity index (χ1) is 12.2. The van der Waals surface area contributed by atoms with E-state index in [1.54, 1.807) is 24.3 Å². The van der Waals surface area contributed by atoms with Crippen LogP contribution in [0.1, 0.15) is 0 Å². The van der Waals surface area contributed by atoms with Gasteiger partial charge in [-0.3, -0.25) is 14.2 Å². The van der Waals surface area contributed by atoms with Gasteiger partial charge < -0.3 is 9.73 Å². The minimum absolute atomic E-state index is 0.155. The number of nitrogens with one attached hydrogen (secondary N) is 1. The van der Waals surface area contributed by atoms with Gasteiger partial charge in [0.15, 0.2) is 5.76 Å². The highest BCUT2D eigenvalue weighted by molar-refractivity contribution is 7.00. The van der Waals surface area contributed by atoms with Gasteiger partial charge in [-0.15, -0.1) is 0 Å². The largest absolute Gasteiger partial charge is 0.463 e. The maximum Gasteiger partial charge on any atom is 0.254 e. The van der Waals surface area contributed by atoms with Gasteiger partial charge in [0, 0.05) is 6.07 Å². The van der Waals surface area contributed by atoms with Crippen LogP contribution in [-0.2, 0) is 11.3 Å². The molecule has 0 saturated carbocycles. The van der Waals surface area contributed by atoms with Crippen LogP contribution in [0, 0.1) is 0 Å². The van der Waals surface area contributed by atoms with Crippen LogP contribution in [0.3, 0.4) is 0 Å². The predicted molar refractivity (Wildman–Crippen MR) is 92.2 cm³/mol. The van der Waals surface area contributed by atoms with E-state index in [2.05, 4.69) is 19.0 Å². The summed E-state index contributed by atoms with van der Waals surface area (Å²) < 4.78 is 14.7. The van der Waals surface area contributed by atoms with E-state index in [9.17, 15) is 9.59 Å². The molecule has 1 aromatic carbocycles. The second kappa shape index (κ2) is 6.29. The standard InChI is InChI=1S/C16H11N5O3S/c22-14(18-10-3-1-4-11-16(10)20-25-19-11)8-21-9-17-12(7-15(21)23)13-5-2-6-24-13/h1-7,9H,8H2,(H,18,22). The van der Waals surface area contributed by atoms with Crippen molar-refractivity contribution in [3.05, 3.63) is 59.3 Å². The van der Waals surface area contributed by atoms with Crippen LogP contribution in [0.2, 0.25) is 0 Å². The molecular weight excluding hydrogens is 342 g/mol. The lowest BCUT2D eigenvalue weighted by atomic mass is 10.2. The highest BCUT2D eigenvalue weighted by Crippen LogP contribution is 2.21. The van der Waals surface area contributed by atoms with E-state index in [-0.39, 0.29) is 18.0 Å². The number of anilines is 1. The molecule has 25 heavy (non-hydrogen) atoms. The number of nitrogens with zero attached hydrogens (tertiary/aromatic N) is 4. The van der Waals surface area contributed by atoms with E-state index in [1.807, 2.05) is 6.07 Å². The molecule has 3 heterocycles. The summed E-state index contributed by atoms with van der Waals surface area (Å²) in [7, 11) is 0. The molecule has 3 aromatic heterocycles. The molecule has 0 bridgehead atoms. The summed E-state index contributed by atoms with van der Waals surface area (Å²) in [6.07, 6.45) is 2.83. The number of fused-ring (bicyclic) bond motifs is 1. The summed E-state index contributed by atoms with van der Waals surface area (Å²) in [6, 6.07) is 10.1. The lowest BCUT2D eigenvalue weighted by Gasteiger charge is -2.07. The smallest absolute Gasteiger partial charge is 0.254 e. The monoisotopic (exact) mass is 353 g/mol. The molecule has 0 aliphatic carbocycles. The zero-order chi connectivity index (χ0) is 17.2. The second-order valence-corrected chi connectivity index (χ2v) is 5.73. The molecule has 0 radical (unpaired) electrons. The maximum absolute atomic E-state index is 12.3. The van der Waals surface area contributed by atoms with Crippen LogP contribution in [0.4, 0.5) is 5.69 Å². The molecule has 0 saturated heterocycles. The van der Waals surface area contributed by atoms with Crippen molar-refractivity contribution in [2.45, 2.75) is 6.54 Å². The zero-order valence-electron chi connectivity index (χ0n) is 12.7. The number of hydrogen-bond acceptors (Lipinski definition) is 7. The molecule has 0 aliphatic heterocycles. The van der Waals surface area contributed by atoms with Gasteiger partial charge in [-0.1, -0.05) is 6.07 Å². The third-order valence-corrected chi connectivity index (χ3v) is 4.07. The normalized spacial score (nSPS) is 10.9. The molecule has 0 unspecified atom stereocenters. The van der Waals surface area contributed by atoms with E-state index < -0.39 is 0 Å². The van der Waals surface area contributed by atoms with E-state index in [4.69, 9.17) is 4.42 Å². The van der Waals surface area contributed by atoms with Gasteiger partial charge in [0.25, 0.3) is 5.56 Å². The minimum Gasteiger partial charge on any atom is -0.463 e. The highest BCUT2D eigenvalue weighted by atomic mass is 32.1. The molecular formula is C16H11N5O3S. The summed E-state index contributed by atoms with van der Waals surface area (Å²) in [6.45, 7) is -0.155. The Labute approximate surface area is 145 Å². The Morgan fingerprint density at radius 2 is 2.16 bits per heavy atom. The van der Waals surface area contributed by atoms with Gasteiger partial charge in [-0.25, -0.2) is 4.98 Å². The van der Waals surface area contributed by atoms with Gasteiger partial charge in [-0.05, 0) is 24.3 Å². The van der Waals surface area contributed by atoms with Gasteiger partial charge in [-0.2, -0.15) is 8.75 Å². The molecule has 0 fully saturated rings. The average Bonchev–Trinajstić information content (AvgIpc) is 3.28. The number of amides is 1. The van der Waals surface area contributed by atoms with Crippen molar-refractivity contribution >= 4 is 34.4 Å². The van der Waals surface area contributed by atoms with Gasteiger partial charge in [0.2, 0.25) is 5.91 Å². The van der Waals surface area contributed by atoms with Crippen molar-refractivity contribution in [1.82, 2.24) is 18.3 Å². The number of rotatable bonds is 4. The molecule has 4 rings (SSSR count). The van der Waals surface area contributed by atoms with E-state index >= 15 is 0 Å². The molecule has 0 aliphatic rings. The molecule has 0 spiro atoms. The highest BCUT2D eigenvalue weighted by Gasteiger charge is 2.11. The van der Waals surface area contributed by atoms with Crippen molar-refractivity contribution in [3.63, 3.8) is 0 Å². The molecule has 1 N–H and O–H groups in total. The molecule has 4 aromatic rings. The molecule has 124 valence electrons. The predicted octanol–water partition coefficient (Wildman–Crippen LogP) is 2.15. The van der Waals surface area contributed by atoms with E-state index in [1.165, 1.54) is 23.2 Å². The fourth-order valence-electron chi connectivity index (χ4n) is 2.36. The Morgan fingerprint density at radius 3 is 2.96 bits per heavy atom. The topological polar surface area (TPSA) is 103 Å². The van der Waals surface area contributed by atoms with E-state index in [0.29, 0.717) is 28.2 Å². The third-order valence-electron chi connectivity index (χ3n) is 3.53. The van der Waals surface area contributed by atoms with Crippen LogP contribution in [-0.4, -0.2) is 24.2 Å².